The Balaban J connectivity index is 2.93. The van der Waals surface area contributed by atoms with Crippen LogP contribution in [-0.4, -0.2) is 16.7 Å². The zero-order valence-corrected chi connectivity index (χ0v) is 9.22. The molecule has 0 bridgehead atoms. The highest BCUT2D eigenvalue weighted by molar-refractivity contribution is 9.10. The van der Waals surface area contributed by atoms with Crippen molar-refractivity contribution in [1.29, 1.82) is 0 Å². The van der Waals surface area contributed by atoms with Crippen LogP contribution in [0.1, 0.15) is 18.0 Å². The number of aromatic nitrogens is 1. The quantitative estimate of drug-likeness (QED) is 0.821. The summed E-state index contributed by atoms with van der Waals surface area (Å²) in [7, 11) is 0. The standard InChI is InChI=1S/C8H10BrClN2O/c9-7-5(6(11)2-4-13)1-3-12-8(7)10/h1,3,6,13H,2,4,11H2/t6-/m1/s1. The van der Waals surface area contributed by atoms with E-state index < -0.39 is 0 Å². The van der Waals surface area contributed by atoms with E-state index in [0.717, 1.165) is 5.56 Å². The van der Waals surface area contributed by atoms with Crippen LogP contribution in [0.3, 0.4) is 0 Å². The summed E-state index contributed by atoms with van der Waals surface area (Å²) in [4.78, 5) is 3.88. The van der Waals surface area contributed by atoms with Crippen LogP contribution in [-0.2, 0) is 0 Å². The summed E-state index contributed by atoms with van der Waals surface area (Å²) in [5.74, 6) is 0. The zero-order chi connectivity index (χ0) is 9.84. The van der Waals surface area contributed by atoms with Gasteiger partial charge in [0.25, 0.3) is 0 Å². The third kappa shape index (κ3) is 2.64. The molecule has 0 amide bonds. The predicted octanol–water partition coefficient (Wildman–Crippen LogP) is 1.88. The van der Waals surface area contributed by atoms with Crippen molar-refractivity contribution in [1.82, 2.24) is 4.98 Å². The van der Waals surface area contributed by atoms with Gasteiger partial charge in [-0.25, -0.2) is 4.98 Å². The Morgan fingerprint density at radius 1 is 1.69 bits per heavy atom. The van der Waals surface area contributed by atoms with Gasteiger partial charge in [-0.1, -0.05) is 11.6 Å². The highest BCUT2D eigenvalue weighted by Crippen LogP contribution is 2.28. The summed E-state index contributed by atoms with van der Waals surface area (Å²) in [5.41, 5.74) is 6.67. The van der Waals surface area contributed by atoms with Gasteiger partial charge in [-0.3, -0.25) is 0 Å². The minimum Gasteiger partial charge on any atom is -0.396 e. The number of aliphatic hydroxyl groups is 1. The lowest BCUT2D eigenvalue weighted by Gasteiger charge is -2.12. The SMILES string of the molecule is N[C@H](CCO)c1ccnc(Cl)c1Br. The molecule has 0 fully saturated rings. The number of nitrogens with two attached hydrogens (primary N) is 1. The zero-order valence-electron chi connectivity index (χ0n) is 6.87. The maximum absolute atomic E-state index is 8.71. The number of rotatable bonds is 3. The summed E-state index contributed by atoms with van der Waals surface area (Å²) in [6, 6.07) is 1.58. The Hall–Kier alpha value is -0.160. The average Bonchev–Trinajstić information content (AvgIpc) is 2.10. The average molecular weight is 266 g/mol. The van der Waals surface area contributed by atoms with E-state index in [1.165, 1.54) is 0 Å². The van der Waals surface area contributed by atoms with Gasteiger partial charge in [0.2, 0.25) is 0 Å². The lowest BCUT2D eigenvalue weighted by atomic mass is 10.1. The fraction of sp³-hybridized carbons (Fsp3) is 0.375. The largest absolute Gasteiger partial charge is 0.396 e. The van der Waals surface area contributed by atoms with E-state index in [1.807, 2.05) is 0 Å². The van der Waals surface area contributed by atoms with E-state index in [1.54, 1.807) is 12.3 Å². The Morgan fingerprint density at radius 3 is 3.00 bits per heavy atom. The van der Waals surface area contributed by atoms with Gasteiger partial charge >= 0.3 is 0 Å². The molecule has 0 radical (unpaired) electrons. The van der Waals surface area contributed by atoms with Crippen LogP contribution in [0.2, 0.25) is 5.15 Å². The van der Waals surface area contributed by atoms with Crippen molar-refractivity contribution >= 4 is 27.5 Å². The van der Waals surface area contributed by atoms with E-state index in [-0.39, 0.29) is 12.6 Å². The van der Waals surface area contributed by atoms with Crippen LogP contribution in [0, 0.1) is 0 Å². The van der Waals surface area contributed by atoms with Gasteiger partial charge in [0.05, 0.1) is 4.47 Å². The molecule has 0 aliphatic rings. The molecule has 0 unspecified atom stereocenters. The normalized spacial score (nSPS) is 12.9. The number of hydrogen-bond acceptors (Lipinski definition) is 3. The number of nitrogens with zero attached hydrogens (tertiary/aromatic N) is 1. The Kier molecular flexibility index (Phi) is 4.12. The van der Waals surface area contributed by atoms with Gasteiger partial charge in [0, 0.05) is 18.8 Å². The van der Waals surface area contributed by atoms with Gasteiger partial charge in [0.1, 0.15) is 5.15 Å². The Morgan fingerprint density at radius 2 is 2.38 bits per heavy atom. The third-order valence-electron chi connectivity index (χ3n) is 1.72. The maximum atomic E-state index is 8.71. The summed E-state index contributed by atoms with van der Waals surface area (Å²) in [6.45, 7) is 0.0630. The molecule has 72 valence electrons. The molecule has 5 heteroatoms. The first-order chi connectivity index (χ1) is 6.16. The highest BCUT2D eigenvalue weighted by Gasteiger charge is 2.11. The minimum atomic E-state index is -0.208. The molecular weight excluding hydrogens is 255 g/mol. The first-order valence-corrected chi connectivity index (χ1v) is 5.00. The number of aliphatic hydroxyl groups excluding tert-OH is 1. The van der Waals surface area contributed by atoms with Crippen LogP contribution in [0.4, 0.5) is 0 Å². The summed E-state index contributed by atoms with van der Waals surface area (Å²) in [5, 5.41) is 9.11. The molecule has 13 heavy (non-hydrogen) atoms. The molecule has 1 atom stereocenters. The number of pyridine rings is 1. The van der Waals surface area contributed by atoms with Crippen molar-refractivity contribution < 1.29 is 5.11 Å². The molecule has 0 saturated heterocycles. The van der Waals surface area contributed by atoms with Crippen LogP contribution >= 0.6 is 27.5 Å². The smallest absolute Gasteiger partial charge is 0.143 e. The summed E-state index contributed by atoms with van der Waals surface area (Å²) < 4.78 is 0.706. The monoisotopic (exact) mass is 264 g/mol. The molecule has 0 saturated carbocycles. The fourth-order valence-corrected chi connectivity index (χ4v) is 1.71. The molecule has 0 spiro atoms. The van der Waals surface area contributed by atoms with Gasteiger partial charge in [0.15, 0.2) is 0 Å². The van der Waals surface area contributed by atoms with Crippen LogP contribution in [0.15, 0.2) is 16.7 Å². The number of hydrogen-bond donors (Lipinski definition) is 2. The van der Waals surface area contributed by atoms with Crippen molar-refractivity contribution in [3.8, 4) is 0 Å². The molecule has 1 rings (SSSR count). The van der Waals surface area contributed by atoms with E-state index in [2.05, 4.69) is 20.9 Å². The van der Waals surface area contributed by atoms with Crippen molar-refractivity contribution in [2.75, 3.05) is 6.61 Å². The predicted molar refractivity (Wildman–Crippen MR) is 55.6 cm³/mol. The van der Waals surface area contributed by atoms with Gasteiger partial charge in [-0.15, -0.1) is 0 Å². The highest BCUT2D eigenvalue weighted by atomic mass is 79.9. The van der Waals surface area contributed by atoms with Gasteiger partial charge in [-0.2, -0.15) is 0 Å². The van der Waals surface area contributed by atoms with E-state index in [0.29, 0.717) is 16.0 Å². The van der Waals surface area contributed by atoms with Crippen molar-refractivity contribution in [2.45, 2.75) is 12.5 Å². The molecule has 3 N–H and O–H groups in total. The fourth-order valence-electron chi connectivity index (χ4n) is 1.01. The lowest BCUT2D eigenvalue weighted by molar-refractivity contribution is 0.276. The van der Waals surface area contributed by atoms with Crippen LogP contribution in [0.5, 0.6) is 0 Å². The van der Waals surface area contributed by atoms with Crippen molar-refractivity contribution in [3.63, 3.8) is 0 Å². The van der Waals surface area contributed by atoms with Crippen molar-refractivity contribution in [2.24, 2.45) is 5.73 Å². The molecule has 1 aromatic heterocycles. The van der Waals surface area contributed by atoms with Crippen LogP contribution in [0.25, 0.3) is 0 Å². The topological polar surface area (TPSA) is 59.1 Å². The van der Waals surface area contributed by atoms with Gasteiger partial charge in [-0.05, 0) is 34.0 Å². The second-order valence-electron chi connectivity index (χ2n) is 2.62. The molecule has 3 nitrogen and oxygen atoms in total. The second-order valence-corrected chi connectivity index (χ2v) is 3.77. The lowest BCUT2D eigenvalue weighted by Crippen LogP contribution is -2.12. The number of halogens is 2. The third-order valence-corrected chi connectivity index (χ3v) is 3.06. The maximum Gasteiger partial charge on any atom is 0.143 e. The van der Waals surface area contributed by atoms with E-state index in [9.17, 15) is 0 Å². The molecule has 0 aliphatic carbocycles. The molecule has 1 aromatic rings. The second kappa shape index (κ2) is 4.91. The summed E-state index contributed by atoms with van der Waals surface area (Å²) in [6.07, 6.45) is 2.11. The van der Waals surface area contributed by atoms with E-state index >= 15 is 0 Å². The Labute approximate surface area is 90.1 Å². The first-order valence-electron chi connectivity index (χ1n) is 3.83. The molecule has 0 aromatic carbocycles. The minimum absolute atomic E-state index is 0.0630. The van der Waals surface area contributed by atoms with Gasteiger partial charge < -0.3 is 10.8 Å². The molecule has 1 heterocycles. The summed E-state index contributed by atoms with van der Waals surface area (Å²) >= 11 is 9.08. The first kappa shape index (κ1) is 10.9. The molecular formula is C8H10BrClN2O. The van der Waals surface area contributed by atoms with Crippen LogP contribution < -0.4 is 5.73 Å². The molecule has 0 aliphatic heterocycles. The van der Waals surface area contributed by atoms with E-state index in [4.69, 9.17) is 22.4 Å². The van der Waals surface area contributed by atoms with Crippen molar-refractivity contribution in [3.05, 3.63) is 27.5 Å². The Bertz CT molecular complexity index is 295.